The lowest BCUT2D eigenvalue weighted by molar-refractivity contribution is -0.131. The topological polar surface area (TPSA) is 101 Å². The molecule has 0 radical (unpaired) electrons. The second kappa shape index (κ2) is 5.35. The van der Waals surface area contributed by atoms with Crippen molar-refractivity contribution in [3.8, 4) is 11.8 Å². The minimum atomic E-state index is -0.654. The van der Waals surface area contributed by atoms with Crippen molar-refractivity contribution < 1.29 is 19.1 Å². The van der Waals surface area contributed by atoms with Gasteiger partial charge in [0.15, 0.2) is 11.5 Å². The summed E-state index contributed by atoms with van der Waals surface area (Å²) in [5.74, 6) is -1.45. The van der Waals surface area contributed by atoms with E-state index in [0.29, 0.717) is 0 Å². The number of hydrogen-bond donors (Lipinski definition) is 1. The van der Waals surface area contributed by atoms with E-state index in [9.17, 15) is 14.4 Å². The van der Waals surface area contributed by atoms with Crippen LogP contribution in [-0.2, 0) is 16.6 Å². The van der Waals surface area contributed by atoms with E-state index in [1.165, 1.54) is 25.5 Å². The average Bonchev–Trinajstić information content (AvgIpc) is 2.50. The van der Waals surface area contributed by atoms with E-state index in [4.69, 9.17) is 10.00 Å². The summed E-state index contributed by atoms with van der Waals surface area (Å²) in [6.45, 7) is 3.71. The molecule has 0 unspecified atom stereocenters. The second-order valence-corrected chi connectivity index (χ2v) is 3.90. The Labute approximate surface area is 109 Å². The third-order valence-electron chi connectivity index (χ3n) is 2.34. The molecule has 0 aliphatic rings. The van der Waals surface area contributed by atoms with Crippen molar-refractivity contribution in [3.63, 3.8) is 0 Å². The first-order valence-corrected chi connectivity index (χ1v) is 5.39. The molecule has 100 valence electrons. The summed E-state index contributed by atoms with van der Waals surface area (Å²) in [7, 11) is 1.50. The number of amides is 1. The van der Waals surface area contributed by atoms with Crippen LogP contribution in [0.15, 0.2) is 0 Å². The summed E-state index contributed by atoms with van der Waals surface area (Å²) in [5, 5.41) is 11.6. The third-order valence-corrected chi connectivity index (χ3v) is 2.34. The van der Waals surface area contributed by atoms with Crippen LogP contribution in [0.4, 0.5) is 5.82 Å². The number of nitrogens with one attached hydrogen (secondary N) is 1. The first-order chi connectivity index (χ1) is 8.79. The van der Waals surface area contributed by atoms with Crippen molar-refractivity contribution in [2.45, 2.75) is 20.8 Å². The fourth-order valence-corrected chi connectivity index (χ4v) is 1.71. The zero-order valence-electron chi connectivity index (χ0n) is 11.0. The Morgan fingerprint density at radius 2 is 1.84 bits per heavy atom. The highest BCUT2D eigenvalue weighted by Crippen LogP contribution is 2.33. The van der Waals surface area contributed by atoms with Gasteiger partial charge in [0.05, 0.1) is 0 Å². The largest absolute Gasteiger partial charge is 0.423 e. The standard InChI is InChI=1S/C12H13N3O4/c1-6(16)10-11(19-8(3)18)9(5-13)12(15(10)4)14-7(2)17/h1-4H3,(H,14,17). The Morgan fingerprint density at radius 1 is 1.26 bits per heavy atom. The molecule has 0 aromatic carbocycles. The number of anilines is 1. The number of ether oxygens (including phenoxy) is 1. The highest BCUT2D eigenvalue weighted by Gasteiger charge is 2.26. The number of carbonyl (C=O) groups is 3. The first-order valence-electron chi connectivity index (χ1n) is 5.39. The van der Waals surface area contributed by atoms with Crippen LogP contribution in [0.1, 0.15) is 36.8 Å². The molecule has 0 aliphatic carbocycles. The molecule has 1 N–H and O–H groups in total. The third kappa shape index (κ3) is 2.80. The monoisotopic (exact) mass is 263 g/mol. The van der Waals surface area contributed by atoms with Gasteiger partial charge in [0, 0.05) is 27.8 Å². The van der Waals surface area contributed by atoms with Gasteiger partial charge in [-0.2, -0.15) is 5.26 Å². The van der Waals surface area contributed by atoms with Gasteiger partial charge >= 0.3 is 5.97 Å². The zero-order chi connectivity index (χ0) is 14.7. The number of hydrogen-bond acceptors (Lipinski definition) is 5. The van der Waals surface area contributed by atoms with Gasteiger partial charge in [-0.3, -0.25) is 14.4 Å². The van der Waals surface area contributed by atoms with E-state index in [2.05, 4.69) is 5.32 Å². The Bertz CT molecular complexity index is 607. The van der Waals surface area contributed by atoms with Gasteiger partial charge in [0.2, 0.25) is 5.91 Å². The van der Waals surface area contributed by atoms with Crippen LogP contribution in [0.25, 0.3) is 0 Å². The Hall–Kier alpha value is -2.62. The lowest BCUT2D eigenvalue weighted by atomic mass is 10.2. The molecule has 0 saturated carbocycles. The van der Waals surface area contributed by atoms with Gasteiger partial charge in [-0.25, -0.2) is 0 Å². The minimum Gasteiger partial charge on any atom is -0.423 e. The molecule has 0 aliphatic heterocycles. The predicted molar refractivity (Wildman–Crippen MR) is 65.7 cm³/mol. The lowest BCUT2D eigenvalue weighted by Crippen LogP contribution is -2.12. The maximum Gasteiger partial charge on any atom is 0.308 e. The molecule has 1 heterocycles. The van der Waals surface area contributed by atoms with Gasteiger partial charge in [-0.1, -0.05) is 0 Å². The molecule has 1 rings (SSSR count). The number of Topliss-reactive ketones (excluding diaryl/α,β-unsaturated/α-hetero) is 1. The van der Waals surface area contributed by atoms with E-state index < -0.39 is 11.9 Å². The highest BCUT2D eigenvalue weighted by atomic mass is 16.5. The van der Waals surface area contributed by atoms with Gasteiger partial charge in [-0.05, 0) is 0 Å². The molecule has 0 bridgehead atoms. The second-order valence-electron chi connectivity index (χ2n) is 3.90. The molecule has 0 spiro atoms. The summed E-state index contributed by atoms with van der Waals surface area (Å²) in [5.41, 5.74) is -0.00593. The average molecular weight is 263 g/mol. The quantitative estimate of drug-likeness (QED) is 0.647. The summed E-state index contributed by atoms with van der Waals surface area (Å²) >= 11 is 0. The predicted octanol–water partition coefficient (Wildman–Crippen LogP) is 0.983. The summed E-state index contributed by atoms with van der Waals surface area (Å²) in [6.07, 6.45) is 0. The molecule has 7 heteroatoms. The molecule has 1 amide bonds. The maximum atomic E-state index is 11.6. The molecule has 19 heavy (non-hydrogen) atoms. The van der Waals surface area contributed by atoms with Crippen LogP contribution in [0, 0.1) is 11.3 Å². The van der Waals surface area contributed by atoms with Gasteiger partial charge < -0.3 is 14.6 Å². The SMILES string of the molecule is CC(=O)Nc1c(C#N)c(OC(C)=O)c(C(C)=O)n1C. The van der Waals surface area contributed by atoms with Crippen LogP contribution in [0.2, 0.25) is 0 Å². The molecule has 1 aromatic rings. The minimum absolute atomic E-state index is 0.0514. The maximum absolute atomic E-state index is 11.6. The first kappa shape index (κ1) is 14.4. The van der Waals surface area contributed by atoms with Crippen LogP contribution in [0.3, 0.4) is 0 Å². The van der Waals surface area contributed by atoms with Crippen LogP contribution >= 0.6 is 0 Å². The molecule has 0 saturated heterocycles. The number of esters is 1. The number of nitrogens with zero attached hydrogens (tertiary/aromatic N) is 2. The summed E-state index contributed by atoms with van der Waals surface area (Å²) in [4.78, 5) is 33.8. The Morgan fingerprint density at radius 3 is 2.21 bits per heavy atom. The molecule has 1 aromatic heterocycles. The highest BCUT2D eigenvalue weighted by molar-refractivity contribution is 6.00. The molecule has 0 atom stereocenters. The number of nitriles is 1. The van der Waals surface area contributed by atoms with Gasteiger partial charge in [0.1, 0.15) is 23.1 Å². The van der Waals surface area contributed by atoms with Crippen molar-refractivity contribution in [3.05, 3.63) is 11.3 Å². The lowest BCUT2D eigenvalue weighted by Gasteiger charge is -2.05. The van der Waals surface area contributed by atoms with Crippen molar-refractivity contribution >= 4 is 23.5 Å². The smallest absolute Gasteiger partial charge is 0.308 e. The van der Waals surface area contributed by atoms with E-state index in [1.54, 1.807) is 0 Å². The molecule has 7 nitrogen and oxygen atoms in total. The van der Waals surface area contributed by atoms with Crippen molar-refractivity contribution in [1.29, 1.82) is 5.26 Å². The normalized spacial score (nSPS) is 9.63. The van der Waals surface area contributed by atoms with Crippen LogP contribution < -0.4 is 10.1 Å². The number of carbonyl (C=O) groups excluding carboxylic acids is 3. The fourth-order valence-electron chi connectivity index (χ4n) is 1.71. The van der Waals surface area contributed by atoms with E-state index in [1.807, 2.05) is 6.07 Å². The fraction of sp³-hybridized carbons (Fsp3) is 0.333. The summed E-state index contributed by atoms with van der Waals surface area (Å²) < 4.78 is 6.24. The molecular weight excluding hydrogens is 250 g/mol. The van der Waals surface area contributed by atoms with E-state index >= 15 is 0 Å². The van der Waals surface area contributed by atoms with Crippen molar-refractivity contribution in [1.82, 2.24) is 4.57 Å². The zero-order valence-corrected chi connectivity index (χ0v) is 11.0. The van der Waals surface area contributed by atoms with Crippen LogP contribution in [-0.4, -0.2) is 22.2 Å². The Kier molecular flexibility index (Phi) is 4.07. The van der Waals surface area contributed by atoms with E-state index in [0.717, 1.165) is 6.92 Å². The van der Waals surface area contributed by atoms with Gasteiger partial charge in [0.25, 0.3) is 0 Å². The molecule has 0 fully saturated rings. The number of ketones is 1. The summed E-state index contributed by atoms with van der Waals surface area (Å²) in [6, 6.07) is 1.83. The Balaban J connectivity index is 3.59. The van der Waals surface area contributed by atoms with Crippen molar-refractivity contribution in [2.24, 2.45) is 7.05 Å². The van der Waals surface area contributed by atoms with E-state index in [-0.39, 0.29) is 28.6 Å². The molecular formula is C12H13N3O4. The number of rotatable bonds is 3. The number of aromatic nitrogens is 1. The van der Waals surface area contributed by atoms with Crippen molar-refractivity contribution in [2.75, 3.05) is 5.32 Å². The van der Waals surface area contributed by atoms with Gasteiger partial charge in [-0.15, -0.1) is 0 Å². The van der Waals surface area contributed by atoms with Crippen LogP contribution in [0.5, 0.6) is 5.75 Å².